The summed E-state index contributed by atoms with van der Waals surface area (Å²) in [7, 11) is -11.7. The van der Waals surface area contributed by atoms with Gasteiger partial charge in [0, 0.05) is 12.8 Å². The van der Waals surface area contributed by atoms with Gasteiger partial charge in [0.15, 0.2) is 6.54 Å². The van der Waals surface area contributed by atoms with Gasteiger partial charge in [0.25, 0.3) is 0 Å². The van der Waals surface area contributed by atoms with Crippen molar-refractivity contribution in [2.45, 2.75) is 11.7 Å². The lowest BCUT2D eigenvalue weighted by atomic mass is 10.0. The summed E-state index contributed by atoms with van der Waals surface area (Å²) in [6, 6.07) is 0. The van der Waals surface area contributed by atoms with Crippen molar-refractivity contribution in [1.82, 2.24) is 15.0 Å². The minimum absolute atomic E-state index is 0.369. The first-order valence-corrected chi connectivity index (χ1v) is 9.60. The number of nitrogens with zero attached hydrogens (tertiary/aromatic N) is 3. The van der Waals surface area contributed by atoms with Crippen molar-refractivity contribution in [3.05, 3.63) is 75.5 Å². The van der Waals surface area contributed by atoms with Gasteiger partial charge in [-0.15, -0.1) is 5.10 Å². The van der Waals surface area contributed by atoms with Gasteiger partial charge in [0.05, 0.1) is 23.7 Å². The summed E-state index contributed by atoms with van der Waals surface area (Å²) in [5.74, 6) is 0. The maximum atomic E-state index is 10.9. The minimum Gasteiger partial charge on any atom is -0.810 e. The predicted molar refractivity (Wildman–Crippen MR) is 76.4 cm³/mol. The van der Waals surface area contributed by atoms with Crippen LogP contribution < -0.4 is 19.6 Å². The second-order valence-electron chi connectivity index (χ2n) is 4.99. The molecule has 1 fully saturated rings. The van der Waals surface area contributed by atoms with Crippen LogP contribution in [-0.4, -0.2) is 26.7 Å². The largest absolute Gasteiger partial charge is 0.810 e. The molecule has 13 radical (unpaired) electrons. The van der Waals surface area contributed by atoms with Gasteiger partial charge < -0.3 is 33.4 Å². The average molecular weight is 392 g/mol. The molecule has 0 N–H and O–H groups in total. The lowest BCUT2D eigenvalue weighted by Gasteiger charge is -2.47. The van der Waals surface area contributed by atoms with Crippen molar-refractivity contribution in [2.75, 3.05) is 0 Å². The molecular weight excluding hydrogens is 384 g/mol. The zero-order valence-electron chi connectivity index (χ0n) is 12.9. The first-order valence-electron chi connectivity index (χ1n) is 6.51. The zero-order chi connectivity index (χ0) is 19.8. The van der Waals surface area contributed by atoms with E-state index >= 15 is 0 Å². The molecule has 0 aromatic carbocycles. The third-order valence-electron chi connectivity index (χ3n) is 2.71. The van der Waals surface area contributed by atoms with Crippen LogP contribution in [0.15, 0.2) is 11.8 Å². The van der Waals surface area contributed by atoms with E-state index in [0.717, 1.165) is 10.9 Å². The smallest absolute Gasteiger partial charge is 0.154 e. The number of hydrogen-bond acceptors (Lipinski definition) is 9. The molecule has 0 amide bonds. The van der Waals surface area contributed by atoms with Crippen LogP contribution in [0.1, 0.15) is 5.69 Å². The molecule has 0 bridgehead atoms. The summed E-state index contributed by atoms with van der Waals surface area (Å²) in [6.07, 6.45) is 9.57. The molecule has 0 spiro atoms. The minimum atomic E-state index is -5.86. The molecule has 0 aliphatic carbocycles. The highest BCUT2D eigenvalue weighted by atomic mass is 31.2. The van der Waals surface area contributed by atoms with Crippen LogP contribution >= 0.6 is 15.2 Å². The van der Waals surface area contributed by atoms with Crippen LogP contribution in [0.5, 0.6) is 0 Å². The van der Waals surface area contributed by atoms with Crippen LogP contribution in [0.4, 0.5) is 0 Å². The van der Waals surface area contributed by atoms with Crippen LogP contribution in [0.3, 0.4) is 0 Å². The lowest BCUT2D eigenvalue weighted by molar-refractivity contribution is -0.322. The van der Waals surface area contributed by atoms with E-state index in [-0.39, 0.29) is 0 Å². The predicted octanol–water partition coefficient (Wildman–Crippen LogP) is -2.56. The van der Waals surface area contributed by atoms with E-state index in [4.69, 9.17) is 4.74 Å². The van der Waals surface area contributed by atoms with Crippen molar-refractivity contribution in [2.24, 2.45) is 0 Å². The van der Waals surface area contributed by atoms with E-state index < -0.39 is 38.0 Å². The van der Waals surface area contributed by atoms with Gasteiger partial charge in [-0.3, -0.25) is 0 Å². The van der Waals surface area contributed by atoms with Gasteiger partial charge in [-0.25, -0.2) is 4.68 Å². The fraction of sp³-hybridized carbons (Fsp3) is 0.143. The topological polar surface area (TPSA) is 170 Å². The van der Waals surface area contributed by atoms with Crippen molar-refractivity contribution in [3.63, 3.8) is 0 Å². The number of allylic oxidation sites excluding steroid dienone is 2. The molecule has 2 heterocycles. The molecule has 2 rings (SSSR count). The van der Waals surface area contributed by atoms with Gasteiger partial charge in [-0.1, -0.05) is 26.0 Å². The van der Waals surface area contributed by atoms with E-state index in [9.17, 15) is 28.7 Å². The third kappa shape index (κ3) is 5.82. The molecule has 10 nitrogen and oxygen atoms in total. The maximum Gasteiger partial charge on any atom is 0.154 e. The molecule has 1 aromatic heterocycles. The van der Waals surface area contributed by atoms with Crippen LogP contribution in [0.25, 0.3) is 0 Å². The van der Waals surface area contributed by atoms with Crippen molar-refractivity contribution >= 4 is 15.2 Å². The normalized spacial score (nSPS) is 23.3. The van der Waals surface area contributed by atoms with Crippen molar-refractivity contribution in [3.8, 4) is 0 Å². The lowest BCUT2D eigenvalue weighted by Crippen LogP contribution is -2.29. The molecule has 0 unspecified atom stereocenters. The monoisotopic (exact) mass is 392 g/mol. The summed E-state index contributed by atoms with van der Waals surface area (Å²) >= 11 is 0. The Morgan fingerprint density at radius 1 is 1.27 bits per heavy atom. The Bertz CT molecular complexity index is 742. The highest BCUT2D eigenvalue weighted by molar-refractivity contribution is 7.72. The number of rotatable bonds is 9. The summed E-state index contributed by atoms with van der Waals surface area (Å²) in [5, 5.41) is 4.92. The number of hydrogen-bond donors (Lipinski definition) is 0. The molecule has 1 saturated heterocycles. The molecule has 1 aliphatic heterocycles. The van der Waals surface area contributed by atoms with Crippen LogP contribution in [0, 0.1) is 58.1 Å². The van der Waals surface area contributed by atoms with E-state index in [1.165, 1.54) is 0 Å². The number of epoxide rings is 1. The van der Waals surface area contributed by atoms with Crippen LogP contribution in [0.2, 0.25) is 0 Å². The second kappa shape index (κ2) is 7.64. The Morgan fingerprint density at radius 3 is 2.42 bits per heavy atom. The molecule has 135 valence electrons. The highest BCUT2D eigenvalue weighted by Gasteiger charge is 2.53. The van der Waals surface area contributed by atoms with E-state index in [1.807, 2.05) is 0 Å². The summed E-state index contributed by atoms with van der Waals surface area (Å²) in [6.45, 7) is 13.3. The molecule has 26 heavy (non-hydrogen) atoms. The Balaban J connectivity index is 1.95. The fourth-order valence-corrected chi connectivity index (χ4v) is 3.24. The van der Waals surface area contributed by atoms with Crippen LogP contribution in [-0.2, 0) is 13.9 Å². The van der Waals surface area contributed by atoms with Crippen molar-refractivity contribution in [1.29, 1.82) is 0 Å². The SMILES string of the molecule is [CH2]C([CH2])=[C][C][C][C@@]1([CH2])O[C@@H]1[C]n1cc([C][C](P(=O)([O-])[O-])P(=O)([O-])[O-])nn1. The fourth-order valence-electron chi connectivity index (χ4n) is 1.53. The van der Waals surface area contributed by atoms with Gasteiger partial charge >= 0.3 is 0 Å². The second-order valence-corrected chi connectivity index (χ2v) is 8.22. The van der Waals surface area contributed by atoms with Gasteiger partial charge in [-0.2, -0.15) is 0 Å². The summed E-state index contributed by atoms with van der Waals surface area (Å²) in [5.41, 5.74) is -1.24. The van der Waals surface area contributed by atoms with Gasteiger partial charge in [0.1, 0.15) is 11.7 Å². The Hall–Kier alpha value is -0.860. The van der Waals surface area contributed by atoms with E-state index in [1.54, 1.807) is 6.42 Å². The first-order chi connectivity index (χ1) is 11.8. The molecule has 0 saturated carbocycles. The number of aromatic nitrogens is 3. The molecule has 1 aliphatic rings. The Labute approximate surface area is 151 Å². The zero-order valence-corrected chi connectivity index (χ0v) is 14.7. The molecular formula is C14H8N3O7P2-4. The Morgan fingerprint density at radius 2 is 1.88 bits per heavy atom. The van der Waals surface area contributed by atoms with Gasteiger partial charge in [0.2, 0.25) is 0 Å². The molecule has 1 aromatic rings. The van der Waals surface area contributed by atoms with Gasteiger partial charge in [-0.05, 0) is 26.8 Å². The molecule has 2 atom stereocenters. The molecule has 12 heteroatoms. The average Bonchev–Trinajstić information content (AvgIpc) is 2.88. The quantitative estimate of drug-likeness (QED) is 0.324. The van der Waals surface area contributed by atoms with Crippen molar-refractivity contribution < 1.29 is 33.4 Å². The summed E-state index contributed by atoms with van der Waals surface area (Å²) in [4.78, 5) is 43.5. The van der Waals surface area contributed by atoms with E-state index in [2.05, 4.69) is 56.5 Å². The number of ether oxygens (including phenoxy) is 1. The third-order valence-corrected chi connectivity index (χ3v) is 5.44. The summed E-state index contributed by atoms with van der Waals surface area (Å²) < 4.78 is 27.9. The van der Waals surface area contributed by atoms with E-state index in [0.29, 0.717) is 5.57 Å². The highest BCUT2D eigenvalue weighted by Crippen LogP contribution is 2.59. The standard InChI is InChI=1S/C14H12N3O7P2/c1-10(2)5-4-6-14(3)12(24-14)9-17-8-11(15-16-17)7-13(25(18,19)20)26(21,22)23/h8,12H,1-3H2,(H2,18,19,20)(H2,21,22,23)/p-4/t12-,14-/m1/s1. The Kier molecular flexibility index (Phi) is 6.30. The maximum absolute atomic E-state index is 10.9. The first kappa shape index (κ1) is 21.4.